The Labute approximate surface area is 122 Å². The first-order valence-corrected chi connectivity index (χ1v) is 7.23. The van der Waals surface area contributed by atoms with Crippen LogP contribution in [0.3, 0.4) is 0 Å². The number of halogens is 1. The van der Waals surface area contributed by atoms with Crippen LogP contribution in [0, 0.1) is 13.8 Å². The van der Waals surface area contributed by atoms with Gasteiger partial charge in [0.1, 0.15) is 0 Å². The van der Waals surface area contributed by atoms with E-state index in [2.05, 4.69) is 83.0 Å². The standard InChI is InChI=1S/C17H16BrN/c1-12-7-13(2)9-14(8-12)11-19-6-5-15-3-4-16(18)10-17(15)19/h3-10H,11H2,1-2H3. The average Bonchev–Trinajstić information content (AvgIpc) is 2.70. The summed E-state index contributed by atoms with van der Waals surface area (Å²) in [4.78, 5) is 0. The lowest BCUT2D eigenvalue weighted by molar-refractivity contribution is 0.834. The molecule has 1 nitrogen and oxygen atoms in total. The Morgan fingerprint density at radius 2 is 1.68 bits per heavy atom. The summed E-state index contributed by atoms with van der Waals surface area (Å²) < 4.78 is 3.43. The van der Waals surface area contributed by atoms with Crippen molar-refractivity contribution >= 4 is 26.8 Å². The molecule has 0 aliphatic rings. The largest absolute Gasteiger partial charge is 0.343 e. The van der Waals surface area contributed by atoms with E-state index in [1.807, 2.05) is 0 Å². The van der Waals surface area contributed by atoms with Gasteiger partial charge in [-0.1, -0.05) is 51.3 Å². The topological polar surface area (TPSA) is 4.93 Å². The van der Waals surface area contributed by atoms with Crippen LogP contribution in [0.2, 0.25) is 0 Å². The van der Waals surface area contributed by atoms with Crippen LogP contribution >= 0.6 is 15.9 Å². The van der Waals surface area contributed by atoms with Crippen molar-refractivity contribution in [1.29, 1.82) is 0 Å². The second-order valence-corrected chi connectivity index (χ2v) is 6.06. The van der Waals surface area contributed by atoms with Gasteiger partial charge >= 0.3 is 0 Å². The first-order chi connectivity index (χ1) is 9.11. The van der Waals surface area contributed by atoms with Crippen LogP contribution in [0.1, 0.15) is 16.7 Å². The minimum Gasteiger partial charge on any atom is -0.343 e. The van der Waals surface area contributed by atoms with Crippen LogP contribution in [0.5, 0.6) is 0 Å². The number of hydrogen-bond donors (Lipinski definition) is 0. The van der Waals surface area contributed by atoms with Crippen LogP contribution < -0.4 is 0 Å². The van der Waals surface area contributed by atoms with E-state index in [-0.39, 0.29) is 0 Å². The van der Waals surface area contributed by atoms with Crippen LogP contribution in [-0.2, 0) is 6.54 Å². The Morgan fingerprint density at radius 3 is 2.42 bits per heavy atom. The zero-order valence-electron chi connectivity index (χ0n) is 11.2. The lowest BCUT2D eigenvalue weighted by Crippen LogP contribution is -1.98. The summed E-state index contributed by atoms with van der Waals surface area (Å²) in [5.41, 5.74) is 5.28. The number of benzene rings is 2. The van der Waals surface area contributed by atoms with E-state index in [1.165, 1.54) is 27.6 Å². The number of nitrogens with zero attached hydrogens (tertiary/aromatic N) is 1. The predicted octanol–water partition coefficient (Wildman–Crippen LogP) is 5.07. The van der Waals surface area contributed by atoms with Crippen molar-refractivity contribution in [3.05, 3.63) is 69.8 Å². The monoisotopic (exact) mass is 313 g/mol. The third-order valence-electron chi connectivity index (χ3n) is 3.37. The zero-order valence-corrected chi connectivity index (χ0v) is 12.7. The predicted molar refractivity (Wildman–Crippen MR) is 84.7 cm³/mol. The highest BCUT2D eigenvalue weighted by molar-refractivity contribution is 9.10. The minimum absolute atomic E-state index is 0.919. The molecule has 0 spiro atoms. The van der Waals surface area contributed by atoms with E-state index in [0.29, 0.717) is 0 Å². The highest BCUT2D eigenvalue weighted by Crippen LogP contribution is 2.22. The summed E-state index contributed by atoms with van der Waals surface area (Å²) in [6, 6.07) is 15.3. The summed E-state index contributed by atoms with van der Waals surface area (Å²) in [7, 11) is 0. The Bertz CT molecular complexity index is 720. The Morgan fingerprint density at radius 1 is 0.947 bits per heavy atom. The van der Waals surface area contributed by atoms with Gasteiger partial charge in [-0.3, -0.25) is 0 Å². The normalized spacial score (nSPS) is 11.1. The molecule has 0 fully saturated rings. The fraction of sp³-hybridized carbons (Fsp3) is 0.176. The van der Waals surface area contributed by atoms with Gasteiger partial charge in [-0.2, -0.15) is 0 Å². The molecule has 0 bridgehead atoms. The molecule has 19 heavy (non-hydrogen) atoms. The van der Waals surface area contributed by atoms with E-state index in [4.69, 9.17) is 0 Å². The van der Waals surface area contributed by atoms with Crippen LogP contribution in [0.25, 0.3) is 10.9 Å². The van der Waals surface area contributed by atoms with Gasteiger partial charge in [0.2, 0.25) is 0 Å². The summed E-state index contributed by atoms with van der Waals surface area (Å²) in [6.45, 7) is 5.23. The molecule has 3 aromatic rings. The van der Waals surface area contributed by atoms with Gasteiger partial charge in [-0.15, -0.1) is 0 Å². The van der Waals surface area contributed by atoms with Gasteiger partial charge in [0.25, 0.3) is 0 Å². The number of aryl methyl sites for hydroxylation is 2. The Kier molecular flexibility index (Phi) is 3.19. The molecule has 0 saturated heterocycles. The molecule has 1 aromatic heterocycles. The number of hydrogen-bond acceptors (Lipinski definition) is 0. The van der Waals surface area contributed by atoms with Crippen LogP contribution in [-0.4, -0.2) is 4.57 Å². The molecule has 1 heterocycles. The molecular weight excluding hydrogens is 298 g/mol. The van der Waals surface area contributed by atoms with Gasteiger partial charge < -0.3 is 4.57 Å². The fourth-order valence-corrected chi connectivity index (χ4v) is 3.00. The summed E-state index contributed by atoms with van der Waals surface area (Å²) >= 11 is 3.55. The van der Waals surface area contributed by atoms with Crippen molar-refractivity contribution in [2.24, 2.45) is 0 Å². The summed E-state index contributed by atoms with van der Waals surface area (Å²) in [6.07, 6.45) is 2.16. The number of aromatic nitrogens is 1. The third kappa shape index (κ3) is 2.59. The van der Waals surface area contributed by atoms with Crippen LogP contribution in [0.15, 0.2) is 53.1 Å². The van der Waals surface area contributed by atoms with Crippen molar-refractivity contribution in [2.45, 2.75) is 20.4 Å². The maximum Gasteiger partial charge on any atom is 0.0494 e. The fourth-order valence-electron chi connectivity index (χ4n) is 2.65. The molecule has 3 rings (SSSR count). The molecule has 0 amide bonds. The van der Waals surface area contributed by atoms with Crippen molar-refractivity contribution in [2.75, 3.05) is 0 Å². The maximum absolute atomic E-state index is 3.55. The summed E-state index contributed by atoms with van der Waals surface area (Å²) in [5.74, 6) is 0. The van der Waals surface area contributed by atoms with Crippen molar-refractivity contribution in [3.8, 4) is 0 Å². The first kappa shape index (κ1) is 12.5. The lowest BCUT2D eigenvalue weighted by atomic mass is 10.1. The molecule has 0 atom stereocenters. The average molecular weight is 314 g/mol. The van der Waals surface area contributed by atoms with E-state index < -0.39 is 0 Å². The van der Waals surface area contributed by atoms with E-state index in [1.54, 1.807) is 0 Å². The Hall–Kier alpha value is -1.54. The minimum atomic E-state index is 0.919. The molecule has 0 aliphatic carbocycles. The second-order valence-electron chi connectivity index (χ2n) is 5.14. The highest BCUT2D eigenvalue weighted by Gasteiger charge is 2.03. The quantitative estimate of drug-likeness (QED) is 0.622. The van der Waals surface area contributed by atoms with Crippen LogP contribution in [0.4, 0.5) is 0 Å². The van der Waals surface area contributed by atoms with Gasteiger partial charge in [-0.25, -0.2) is 0 Å². The van der Waals surface area contributed by atoms with Gasteiger partial charge in [0.15, 0.2) is 0 Å². The van der Waals surface area contributed by atoms with Gasteiger partial charge in [-0.05, 0) is 43.0 Å². The molecule has 0 N–H and O–H groups in total. The zero-order chi connectivity index (χ0) is 13.4. The van der Waals surface area contributed by atoms with Gasteiger partial charge in [0, 0.05) is 22.7 Å². The molecular formula is C17H16BrN. The summed E-state index contributed by atoms with van der Waals surface area (Å²) in [5, 5.41) is 1.28. The van der Waals surface area contributed by atoms with E-state index in [0.717, 1.165) is 11.0 Å². The molecule has 96 valence electrons. The maximum atomic E-state index is 3.55. The SMILES string of the molecule is Cc1cc(C)cc(Cn2ccc3ccc(Br)cc32)c1. The van der Waals surface area contributed by atoms with E-state index >= 15 is 0 Å². The van der Waals surface area contributed by atoms with E-state index in [9.17, 15) is 0 Å². The van der Waals surface area contributed by atoms with Crippen molar-refractivity contribution in [1.82, 2.24) is 4.57 Å². The van der Waals surface area contributed by atoms with Gasteiger partial charge in [0.05, 0.1) is 0 Å². The Balaban J connectivity index is 2.03. The first-order valence-electron chi connectivity index (χ1n) is 6.43. The lowest BCUT2D eigenvalue weighted by Gasteiger charge is -2.08. The third-order valence-corrected chi connectivity index (χ3v) is 3.86. The molecule has 0 radical (unpaired) electrons. The number of fused-ring (bicyclic) bond motifs is 1. The van der Waals surface area contributed by atoms with Crippen molar-refractivity contribution < 1.29 is 0 Å². The molecule has 2 heteroatoms. The smallest absolute Gasteiger partial charge is 0.0494 e. The molecule has 0 saturated carbocycles. The second kappa shape index (κ2) is 4.86. The molecule has 2 aromatic carbocycles. The van der Waals surface area contributed by atoms with Crippen molar-refractivity contribution in [3.63, 3.8) is 0 Å². The molecule has 0 aliphatic heterocycles. The number of rotatable bonds is 2. The molecule has 0 unspecified atom stereocenters. The highest BCUT2D eigenvalue weighted by atomic mass is 79.9.